The van der Waals surface area contributed by atoms with Crippen LogP contribution in [0.1, 0.15) is 27.2 Å². The second-order valence-corrected chi connectivity index (χ2v) is 4.68. The number of nitrogens with zero attached hydrogens (tertiary/aromatic N) is 2. The molecule has 2 aromatic rings. The lowest BCUT2D eigenvalue weighted by Gasteiger charge is -1.94. The number of aryl methyl sites for hydroxylation is 2. The van der Waals surface area contributed by atoms with Crippen LogP contribution in [-0.4, -0.2) is 15.6 Å². The summed E-state index contributed by atoms with van der Waals surface area (Å²) in [6.45, 7) is 1.96. The molecule has 0 saturated carbocycles. The molecule has 0 saturated heterocycles. The third-order valence-electron chi connectivity index (χ3n) is 3.32. The van der Waals surface area contributed by atoms with Gasteiger partial charge in [-0.05, 0) is 18.6 Å². The summed E-state index contributed by atoms with van der Waals surface area (Å²) in [6.07, 6.45) is 4.63. The Morgan fingerprint density at radius 2 is 2.11 bits per heavy atom. The third kappa shape index (κ3) is 1.68. The first-order valence-electron chi connectivity index (χ1n) is 5.98. The average molecular weight is 238 g/mol. The Bertz CT molecular complexity index is 665. The minimum absolute atomic E-state index is 0.147. The van der Waals surface area contributed by atoms with Crippen LogP contribution in [0.25, 0.3) is 6.08 Å². The number of carbonyl (C=O) groups is 1. The van der Waals surface area contributed by atoms with Gasteiger partial charge in [-0.15, -0.1) is 0 Å². The van der Waals surface area contributed by atoms with Gasteiger partial charge in [-0.25, -0.2) is 0 Å². The Balaban J connectivity index is 2.02. The number of carbonyl (C=O) groups excluding carboxylic acids is 1. The number of hydrogen-bond donors (Lipinski definition) is 0. The van der Waals surface area contributed by atoms with Crippen molar-refractivity contribution >= 4 is 11.9 Å². The van der Waals surface area contributed by atoms with E-state index in [2.05, 4.69) is 5.10 Å². The van der Waals surface area contributed by atoms with Crippen molar-refractivity contribution in [1.29, 1.82) is 0 Å². The zero-order chi connectivity index (χ0) is 12.7. The fourth-order valence-corrected chi connectivity index (χ4v) is 2.42. The topological polar surface area (TPSA) is 34.9 Å². The van der Waals surface area contributed by atoms with E-state index < -0.39 is 0 Å². The predicted octanol–water partition coefficient (Wildman–Crippen LogP) is 2.55. The number of rotatable bonds is 1. The van der Waals surface area contributed by atoms with E-state index in [0.29, 0.717) is 0 Å². The lowest BCUT2D eigenvalue weighted by atomic mass is 10.1. The number of fused-ring (bicyclic) bond motifs is 1. The van der Waals surface area contributed by atoms with Crippen molar-refractivity contribution in [3.8, 4) is 0 Å². The second kappa shape index (κ2) is 3.95. The molecule has 18 heavy (non-hydrogen) atoms. The van der Waals surface area contributed by atoms with Crippen LogP contribution in [0.15, 0.2) is 36.0 Å². The number of Topliss-reactive ketones (excluding diaryl/α,β-unsaturated/α-hetero) is 1. The molecular weight excluding hydrogens is 224 g/mol. The molecule has 0 spiro atoms. The molecule has 1 aliphatic rings. The molecule has 0 radical (unpaired) electrons. The second-order valence-electron chi connectivity index (χ2n) is 4.68. The lowest BCUT2D eigenvalue weighted by Crippen LogP contribution is -1.95. The Kier molecular flexibility index (Phi) is 2.40. The molecule has 1 aliphatic carbocycles. The molecule has 0 N–H and O–H groups in total. The van der Waals surface area contributed by atoms with Gasteiger partial charge in [0, 0.05) is 36.4 Å². The highest BCUT2D eigenvalue weighted by molar-refractivity contribution is 6.15. The van der Waals surface area contributed by atoms with Gasteiger partial charge in [0.25, 0.3) is 0 Å². The molecule has 0 fully saturated rings. The van der Waals surface area contributed by atoms with Crippen molar-refractivity contribution in [2.24, 2.45) is 7.05 Å². The van der Waals surface area contributed by atoms with Crippen LogP contribution in [-0.2, 0) is 13.5 Å². The highest BCUT2D eigenvalue weighted by atomic mass is 16.1. The van der Waals surface area contributed by atoms with Gasteiger partial charge in [-0.3, -0.25) is 9.48 Å². The predicted molar refractivity (Wildman–Crippen MR) is 70.4 cm³/mol. The van der Waals surface area contributed by atoms with E-state index in [0.717, 1.165) is 34.4 Å². The van der Waals surface area contributed by atoms with Gasteiger partial charge in [0.05, 0.1) is 5.69 Å². The number of hydrogen-bond acceptors (Lipinski definition) is 2. The van der Waals surface area contributed by atoms with Crippen LogP contribution in [0, 0.1) is 6.92 Å². The SMILES string of the molecule is Cc1nn(C)cc1C=C1Cc2ccccc2C1=O. The van der Waals surface area contributed by atoms with Gasteiger partial charge >= 0.3 is 0 Å². The summed E-state index contributed by atoms with van der Waals surface area (Å²) in [4.78, 5) is 12.2. The molecule has 3 nitrogen and oxygen atoms in total. The van der Waals surface area contributed by atoms with Crippen molar-refractivity contribution in [2.45, 2.75) is 13.3 Å². The first-order valence-corrected chi connectivity index (χ1v) is 5.98. The maximum absolute atomic E-state index is 12.2. The van der Waals surface area contributed by atoms with Crippen LogP contribution in [0.2, 0.25) is 0 Å². The van der Waals surface area contributed by atoms with Crippen LogP contribution < -0.4 is 0 Å². The van der Waals surface area contributed by atoms with Gasteiger partial charge in [0.15, 0.2) is 5.78 Å². The maximum Gasteiger partial charge on any atom is 0.189 e. The largest absolute Gasteiger partial charge is 0.289 e. The monoisotopic (exact) mass is 238 g/mol. The first kappa shape index (κ1) is 11.0. The number of aromatic nitrogens is 2. The zero-order valence-corrected chi connectivity index (χ0v) is 10.5. The Labute approximate surface area is 106 Å². The Morgan fingerprint density at radius 1 is 1.33 bits per heavy atom. The molecule has 90 valence electrons. The quantitative estimate of drug-likeness (QED) is 0.716. The highest BCUT2D eigenvalue weighted by Crippen LogP contribution is 2.27. The molecule has 0 aliphatic heterocycles. The molecular formula is C15H14N2O. The Morgan fingerprint density at radius 3 is 2.78 bits per heavy atom. The lowest BCUT2D eigenvalue weighted by molar-refractivity contribution is 0.104. The van der Waals surface area contributed by atoms with Gasteiger partial charge in [-0.2, -0.15) is 5.10 Å². The summed E-state index contributed by atoms with van der Waals surface area (Å²) in [5.41, 5.74) is 4.79. The first-order chi connectivity index (χ1) is 8.65. The van der Waals surface area contributed by atoms with Crippen molar-refractivity contribution in [2.75, 3.05) is 0 Å². The molecule has 0 bridgehead atoms. The van der Waals surface area contributed by atoms with Crippen LogP contribution in [0.3, 0.4) is 0 Å². The normalized spacial score (nSPS) is 16.3. The summed E-state index contributed by atoms with van der Waals surface area (Å²) in [5, 5.41) is 4.29. The van der Waals surface area contributed by atoms with E-state index >= 15 is 0 Å². The standard InChI is InChI=1S/C15H14N2O/c1-10-13(9-17(2)16-10)8-12-7-11-5-3-4-6-14(11)15(12)18/h3-6,8-9H,7H2,1-2H3. The molecule has 1 aromatic heterocycles. The van der Waals surface area contributed by atoms with E-state index in [4.69, 9.17) is 0 Å². The number of benzene rings is 1. The third-order valence-corrected chi connectivity index (χ3v) is 3.32. The smallest absolute Gasteiger partial charge is 0.189 e. The summed E-state index contributed by atoms with van der Waals surface area (Å²) < 4.78 is 1.77. The van der Waals surface area contributed by atoms with Crippen LogP contribution in [0.4, 0.5) is 0 Å². The zero-order valence-electron chi connectivity index (χ0n) is 10.5. The van der Waals surface area contributed by atoms with Gasteiger partial charge < -0.3 is 0 Å². The highest BCUT2D eigenvalue weighted by Gasteiger charge is 2.24. The number of ketones is 1. The number of allylic oxidation sites excluding steroid dienone is 1. The van der Waals surface area contributed by atoms with E-state index in [1.54, 1.807) is 4.68 Å². The Hall–Kier alpha value is -2.16. The molecule has 3 heteroatoms. The van der Waals surface area contributed by atoms with E-state index in [-0.39, 0.29) is 5.78 Å². The fourth-order valence-electron chi connectivity index (χ4n) is 2.42. The van der Waals surface area contributed by atoms with Crippen molar-refractivity contribution < 1.29 is 4.79 Å². The summed E-state index contributed by atoms with van der Waals surface area (Å²) in [5.74, 6) is 0.147. The van der Waals surface area contributed by atoms with E-state index in [1.165, 1.54) is 0 Å². The molecule has 0 amide bonds. The van der Waals surface area contributed by atoms with Gasteiger partial charge in [-0.1, -0.05) is 24.3 Å². The summed E-state index contributed by atoms with van der Waals surface area (Å²) >= 11 is 0. The summed E-state index contributed by atoms with van der Waals surface area (Å²) in [7, 11) is 1.89. The van der Waals surface area contributed by atoms with Crippen molar-refractivity contribution in [3.05, 3.63) is 58.4 Å². The van der Waals surface area contributed by atoms with Crippen molar-refractivity contribution in [1.82, 2.24) is 9.78 Å². The van der Waals surface area contributed by atoms with Crippen LogP contribution >= 0.6 is 0 Å². The molecule has 0 unspecified atom stereocenters. The molecule has 0 atom stereocenters. The van der Waals surface area contributed by atoms with Gasteiger partial charge in [0.1, 0.15) is 0 Å². The average Bonchev–Trinajstić information content (AvgIpc) is 2.82. The summed E-state index contributed by atoms with van der Waals surface area (Å²) in [6, 6.07) is 7.80. The van der Waals surface area contributed by atoms with Crippen LogP contribution in [0.5, 0.6) is 0 Å². The minimum Gasteiger partial charge on any atom is -0.289 e. The molecule has 1 heterocycles. The van der Waals surface area contributed by atoms with Gasteiger partial charge in [0.2, 0.25) is 0 Å². The van der Waals surface area contributed by atoms with E-state index in [1.807, 2.05) is 50.5 Å². The van der Waals surface area contributed by atoms with E-state index in [9.17, 15) is 4.79 Å². The minimum atomic E-state index is 0.147. The molecule has 1 aromatic carbocycles. The fraction of sp³-hybridized carbons (Fsp3) is 0.200. The maximum atomic E-state index is 12.2. The molecule has 3 rings (SSSR count). The van der Waals surface area contributed by atoms with Crippen molar-refractivity contribution in [3.63, 3.8) is 0 Å².